The van der Waals surface area contributed by atoms with Crippen LogP contribution in [0.15, 0.2) is 16.8 Å². The van der Waals surface area contributed by atoms with Crippen molar-refractivity contribution in [2.24, 2.45) is 0 Å². The van der Waals surface area contributed by atoms with Crippen LogP contribution in [0.5, 0.6) is 5.95 Å². The molecule has 0 bridgehead atoms. The van der Waals surface area contributed by atoms with Crippen LogP contribution in [0.3, 0.4) is 0 Å². The second-order valence-electron chi connectivity index (χ2n) is 1.08. The minimum Gasteiger partial charge on any atom is -0.390 e. The molecule has 0 saturated heterocycles. The lowest BCUT2D eigenvalue weighted by Crippen LogP contribution is -1.71. The number of hydrogen-bond acceptors (Lipinski definition) is 4. The van der Waals surface area contributed by atoms with Crippen molar-refractivity contribution in [1.82, 2.24) is 5.16 Å². The average molecular weight is 131 g/mol. The van der Waals surface area contributed by atoms with E-state index in [9.17, 15) is 0 Å². The van der Waals surface area contributed by atoms with Gasteiger partial charge in [0.05, 0.1) is 18.2 Å². The van der Waals surface area contributed by atoms with Crippen LogP contribution in [0.1, 0.15) is 0 Å². The number of aromatic nitrogens is 1. The normalized spacial score (nSPS) is 9.12. The van der Waals surface area contributed by atoms with Gasteiger partial charge in [0.1, 0.15) is 0 Å². The van der Waals surface area contributed by atoms with Gasteiger partial charge in [-0.1, -0.05) is 5.16 Å². The van der Waals surface area contributed by atoms with Gasteiger partial charge in [0.15, 0.2) is 0 Å². The Balaban J connectivity index is 2.50. The van der Waals surface area contributed by atoms with Gasteiger partial charge < -0.3 is 8.71 Å². The molecule has 0 aromatic carbocycles. The molecule has 3 nitrogen and oxygen atoms in total. The summed E-state index contributed by atoms with van der Waals surface area (Å²) < 4.78 is 9.41. The first-order chi connectivity index (χ1) is 3.93. The van der Waals surface area contributed by atoms with Gasteiger partial charge in [-0.05, 0) is 0 Å². The topological polar surface area (TPSA) is 35.3 Å². The molecular weight excluding hydrogens is 126 g/mol. The molecule has 0 aliphatic heterocycles. The molecular formula is C4H5NO2S. The van der Waals surface area contributed by atoms with Gasteiger partial charge in [0.2, 0.25) is 0 Å². The molecule has 0 atom stereocenters. The SMILES string of the molecule is CSOc1ccno1. The molecule has 0 unspecified atom stereocenters. The van der Waals surface area contributed by atoms with Crippen LogP contribution in [0, 0.1) is 0 Å². The third-order valence-corrected chi connectivity index (χ3v) is 0.911. The van der Waals surface area contributed by atoms with Crippen LogP contribution in [0.25, 0.3) is 0 Å². The molecule has 0 fully saturated rings. The number of rotatable bonds is 2. The maximum absolute atomic E-state index is 4.83. The summed E-state index contributed by atoms with van der Waals surface area (Å²) in [5.74, 6) is 0.442. The second-order valence-corrected chi connectivity index (χ2v) is 1.58. The molecule has 0 aliphatic rings. The van der Waals surface area contributed by atoms with Gasteiger partial charge in [0, 0.05) is 12.3 Å². The minimum atomic E-state index is 0.442. The molecule has 0 aliphatic carbocycles. The summed E-state index contributed by atoms with van der Waals surface area (Å²) in [5.41, 5.74) is 0. The van der Waals surface area contributed by atoms with E-state index in [1.165, 1.54) is 18.2 Å². The first-order valence-electron chi connectivity index (χ1n) is 2.05. The molecule has 4 heteroatoms. The van der Waals surface area contributed by atoms with Crippen LogP contribution in [-0.4, -0.2) is 11.4 Å². The largest absolute Gasteiger partial charge is 0.390 e. The van der Waals surface area contributed by atoms with Crippen LogP contribution in [-0.2, 0) is 0 Å². The van der Waals surface area contributed by atoms with Gasteiger partial charge in [-0.3, -0.25) is 0 Å². The van der Waals surface area contributed by atoms with Crippen LogP contribution < -0.4 is 4.18 Å². The molecule has 0 spiro atoms. The zero-order valence-electron chi connectivity index (χ0n) is 4.33. The summed E-state index contributed by atoms with van der Waals surface area (Å²) in [6.07, 6.45) is 3.34. The summed E-state index contributed by atoms with van der Waals surface area (Å²) in [7, 11) is 0. The molecule has 0 saturated carbocycles. The average Bonchev–Trinajstić information content (AvgIpc) is 2.19. The Bertz CT molecular complexity index is 140. The zero-order valence-corrected chi connectivity index (χ0v) is 5.14. The molecule has 1 heterocycles. The monoisotopic (exact) mass is 131 g/mol. The lowest BCUT2D eigenvalue weighted by Gasteiger charge is -1.88. The molecule has 1 aromatic heterocycles. The van der Waals surface area contributed by atoms with Crippen molar-refractivity contribution in [2.45, 2.75) is 0 Å². The quantitative estimate of drug-likeness (QED) is 0.567. The van der Waals surface area contributed by atoms with Crippen molar-refractivity contribution in [3.63, 3.8) is 0 Å². The Morgan fingerprint density at radius 1 is 1.88 bits per heavy atom. The maximum Gasteiger partial charge on any atom is 0.323 e. The third kappa shape index (κ3) is 1.16. The smallest absolute Gasteiger partial charge is 0.323 e. The Morgan fingerprint density at radius 2 is 2.75 bits per heavy atom. The molecule has 1 rings (SSSR count). The van der Waals surface area contributed by atoms with Crippen molar-refractivity contribution in [1.29, 1.82) is 0 Å². The van der Waals surface area contributed by atoms with Crippen LogP contribution in [0.4, 0.5) is 0 Å². The Hall–Kier alpha value is -0.640. The van der Waals surface area contributed by atoms with Crippen molar-refractivity contribution in [3.8, 4) is 5.95 Å². The summed E-state index contributed by atoms with van der Waals surface area (Å²) in [5, 5.41) is 3.43. The lowest BCUT2D eigenvalue weighted by atomic mass is 10.7. The molecule has 8 heavy (non-hydrogen) atoms. The highest BCUT2D eigenvalue weighted by Crippen LogP contribution is 2.11. The van der Waals surface area contributed by atoms with Gasteiger partial charge >= 0.3 is 5.95 Å². The van der Waals surface area contributed by atoms with Crippen LogP contribution in [0.2, 0.25) is 0 Å². The fraction of sp³-hybridized carbons (Fsp3) is 0.250. The lowest BCUT2D eigenvalue weighted by molar-refractivity contribution is 0.338. The predicted molar refractivity (Wildman–Crippen MR) is 30.6 cm³/mol. The highest BCUT2D eigenvalue weighted by Gasteiger charge is 1.91. The first-order valence-corrected chi connectivity index (χ1v) is 3.20. The molecule has 0 N–H and O–H groups in total. The van der Waals surface area contributed by atoms with E-state index in [1.54, 1.807) is 6.07 Å². The first kappa shape index (κ1) is 5.50. The summed E-state index contributed by atoms with van der Waals surface area (Å²) in [4.78, 5) is 0. The maximum atomic E-state index is 4.83. The fourth-order valence-corrected chi connectivity index (χ4v) is 0.579. The molecule has 0 amide bonds. The van der Waals surface area contributed by atoms with E-state index in [4.69, 9.17) is 4.18 Å². The number of hydrogen-bond donors (Lipinski definition) is 0. The predicted octanol–water partition coefficient (Wildman–Crippen LogP) is 1.33. The fourth-order valence-electron chi connectivity index (χ4n) is 0.329. The van der Waals surface area contributed by atoms with E-state index >= 15 is 0 Å². The van der Waals surface area contributed by atoms with E-state index in [0.717, 1.165) is 0 Å². The van der Waals surface area contributed by atoms with Crippen molar-refractivity contribution >= 4 is 12.0 Å². The van der Waals surface area contributed by atoms with Crippen molar-refractivity contribution < 1.29 is 8.71 Å². The Morgan fingerprint density at radius 3 is 3.25 bits per heavy atom. The van der Waals surface area contributed by atoms with Crippen molar-refractivity contribution in [2.75, 3.05) is 6.26 Å². The third-order valence-electron chi connectivity index (χ3n) is 0.580. The Kier molecular flexibility index (Phi) is 1.80. The van der Waals surface area contributed by atoms with Gasteiger partial charge in [0.25, 0.3) is 0 Å². The molecule has 0 radical (unpaired) electrons. The molecule has 1 aromatic rings. The summed E-state index contributed by atoms with van der Waals surface area (Å²) in [6.45, 7) is 0. The second kappa shape index (κ2) is 2.61. The molecule has 44 valence electrons. The van der Waals surface area contributed by atoms with Crippen LogP contribution >= 0.6 is 12.0 Å². The van der Waals surface area contributed by atoms with Gasteiger partial charge in [-0.2, -0.15) is 0 Å². The summed E-state index contributed by atoms with van der Waals surface area (Å²) >= 11 is 1.23. The van der Waals surface area contributed by atoms with E-state index in [-0.39, 0.29) is 0 Å². The van der Waals surface area contributed by atoms with E-state index in [0.29, 0.717) is 5.95 Å². The zero-order chi connectivity index (χ0) is 5.82. The van der Waals surface area contributed by atoms with Gasteiger partial charge in [-0.25, -0.2) is 0 Å². The van der Waals surface area contributed by atoms with E-state index in [2.05, 4.69) is 9.68 Å². The van der Waals surface area contributed by atoms with E-state index < -0.39 is 0 Å². The number of nitrogens with zero attached hydrogens (tertiary/aromatic N) is 1. The van der Waals surface area contributed by atoms with E-state index in [1.807, 2.05) is 6.26 Å². The van der Waals surface area contributed by atoms with Crippen molar-refractivity contribution in [3.05, 3.63) is 12.3 Å². The highest BCUT2D eigenvalue weighted by molar-refractivity contribution is 7.94. The highest BCUT2D eigenvalue weighted by atomic mass is 32.2. The summed E-state index contributed by atoms with van der Waals surface area (Å²) in [6, 6.07) is 1.65. The Labute approximate surface area is 51.2 Å². The van der Waals surface area contributed by atoms with Gasteiger partial charge in [-0.15, -0.1) is 0 Å². The minimum absolute atomic E-state index is 0.442. The standard InChI is InChI=1S/C4H5NO2S/c1-8-7-4-2-3-5-6-4/h2-3H,1H3.